The minimum atomic E-state index is -4.78. The van der Waals surface area contributed by atoms with Crippen LogP contribution in [0.1, 0.15) is 48.1 Å². The van der Waals surface area contributed by atoms with Gasteiger partial charge in [0.15, 0.2) is 10.0 Å². The number of carbonyl (C=O) groups is 3. The maximum atomic E-state index is 13.4. The molecule has 4 heterocycles. The lowest BCUT2D eigenvalue weighted by molar-refractivity contribution is -0.151. The minimum Gasteiger partial charge on any atom is -0.477 e. The van der Waals surface area contributed by atoms with Gasteiger partial charge < -0.3 is 10.4 Å². The van der Waals surface area contributed by atoms with Crippen molar-refractivity contribution in [1.29, 1.82) is 0 Å². The average molecular weight is 609 g/mol. The molecule has 0 aromatic carbocycles. The number of aryl methyl sites for hydroxylation is 1. The second kappa shape index (κ2) is 10.0. The number of β-lactam (4-membered cyclic amide) rings is 1. The number of hydrogen-bond acceptors (Lipinski definition) is 9. The Morgan fingerprint density at radius 2 is 2.03 bits per heavy atom. The van der Waals surface area contributed by atoms with Crippen molar-refractivity contribution < 1.29 is 32.7 Å². The van der Waals surface area contributed by atoms with Crippen LogP contribution in [0.3, 0.4) is 0 Å². The molecule has 1 saturated carbocycles. The summed E-state index contributed by atoms with van der Waals surface area (Å²) in [4.78, 5) is 39.2. The van der Waals surface area contributed by atoms with Gasteiger partial charge in [0.05, 0.1) is 10.7 Å². The quantitative estimate of drug-likeness (QED) is 0.340. The fourth-order valence-corrected chi connectivity index (χ4v) is 7.98. The zero-order chi connectivity index (χ0) is 27.5. The Bertz CT molecular complexity index is 1360. The molecule has 2 aromatic heterocycles. The van der Waals surface area contributed by atoms with Crippen LogP contribution in [0.15, 0.2) is 15.6 Å². The predicted octanol–water partition coefficient (Wildman–Crippen LogP) is 3.68. The van der Waals surface area contributed by atoms with Gasteiger partial charge in [-0.3, -0.25) is 19.2 Å². The summed E-state index contributed by atoms with van der Waals surface area (Å²) >= 11 is 10.0. The van der Waals surface area contributed by atoms with Gasteiger partial charge in [-0.2, -0.15) is 18.3 Å². The zero-order valence-corrected chi connectivity index (χ0v) is 23.0. The van der Waals surface area contributed by atoms with Crippen LogP contribution in [0.4, 0.5) is 13.2 Å². The topological polar surface area (TPSA) is 130 Å². The van der Waals surface area contributed by atoms with Crippen molar-refractivity contribution in [3.63, 3.8) is 0 Å². The molecule has 204 valence electrons. The first-order valence-corrected chi connectivity index (χ1v) is 14.6. The molecule has 17 heteroatoms. The van der Waals surface area contributed by atoms with E-state index in [1.807, 2.05) is 6.92 Å². The summed E-state index contributed by atoms with van der Waals surface area (Å²) in [6.07, 6.45) is -3.51. The van der Waals surface area contributed by atoms with Crippen LogP contribution in [0, 0.1) is 6.92 Å². The number of nitrogens with one attached hydrogen (secondary N) is 1. The number of nitrogens with zero attached hydrogens (tertiary/aromatic N) is 5. The summed E-state index contributed by atoms with van der Waals surface area (Å²) in [5.74, 6) is -2.18. The van der Waals surface area contributed by atoms with Gasteiger partial charge in [-0.15, -0.1) is 22.0 Å². The van der Waals surface area contributed by atoms with Gasteiger partial charge in [-0.05, 0) is 32.3 Å². The number of amides is 2. The van der Waals surface area contributed by atoms with Gasteiger partial charge in [0.1, 0.15) is 28.2 Å². The zero-order valence-electron chi connectivity index (χ0n) is 19.8. The van der Waals surface area contributed by atoms with E-state index in [4.69, 9.17) is 11.6 Å². The molecule has 3 atom stereocenters. The highest BCUT2D eigenvalue weighted by Crippen LogP contribution is 2.48. The van der Waals surface area contributed by atoms with E-state index < -0.39 is 52.1 Å². The van der Waals surface area contributed by atoms with Gasteiger partial charge in [-0.25, -0.2) is 4.79 Å². The lowest BCUT2D eigenvalue weighted by atomic mass is 10.0. The third-order valence-electron chi connectivity index (χ3n) is 6.29. The molecule has 2 aromatic rings. The molecule has 1 aliphatic carbocycles. The number of aromatic nitrogens is 4. The summed E-state index contributed by atoms with van der Waals surface area (Å²) in [6.45, 7) is 3.19. The van der Waals surface area contributed by atoms with Crippen LogP contribution in [0.5, 0.6) is 0 Å². The number of fused-ring (bicyclic) bond motifs is 1. The van der Waals surface area contributed by atoms with Crippen molar-refractivity contribution in [2.45, 2.75) is 60.6 Å². The third-order valence-corrected chi connectivity index (χ3v) is 10.1. The third kappa shape index (κ3) is 4.91. The Morgan fingerprint density at radius 3 is 2.61 bits per heavy atom. The molecule has 0 spiro atoms. The van der Waals surface area contributed by atoms with E-state index in [-0.39, 0.29) is 17.3 Å². The summed E-state index contributed by atoms with van der Waals surface area (Å²) in [6, 6.07) is -2.20. The first-order chi connectivity index (χ1) is 17.9. The van der Waals surface area contributed by atoms with E-state index in [9.17, 15) is 32.7 Å². The highest BCUT2D eigenvalue weighted by molar-refractivity contribution is 8.01. The van der Waals surface area contributed by atoms with Crippen molar-refractivity contribution >= 4 is 64.2 Å². The van der Waals surface area contributed by atoms with Gasteiger partial charge in [0.25, 0.3) is 5.91 Å². The molecule has 10 nitrogen and oxygen atoms in total. The van der Waals surface area contributed by atoms with Crippen LogP contribution in [0.25, 0.3) is 0 Å². The summed E-state index contributed by atoms with van der Waals surface area (Å²) in [5, 5.41) is 23.6. The number of halogens is 4. The van der Waals surface area contributed by atoms with E-state index in [1.54, 1.807) is 0 Å². The van der Waals surface area contributed by atoms with E-state index in [2.05, 4.69) is 20.6 Å². The smallest absolute Gasteiger partial charge is 0.436 e. The monoisotopic (exact) mass is 608 g/mol. The molecule has 0 radical (unpaired) electrons. The number of rotatable bonds is 8. The molecule has 5 rings (SSSR count). The minimum absolute atomic E-state index is 0.129. The lowest BCUT2D eigenvalue weighted by Crippen LogP contribution is -2.71. The maximum absolute atomic E-state index is 13.4. The second-order valence-electron chi connectivity index (χ2n) is 8.97. The Kier molecular flexibility index (Phi) is 7.19. The first kappa shape index (κ1) is 27.3. The molecule has 2 aliphatic heterocycles. The highest BCUT2D eigenvalue weighted by Gasteiger charge is 2.54. The molecule has 1 saturated heterocycles. The average Bonchev–Trinajstić information content (AvgIpc) is 3.50. The fraction of sp³-hybridized carbons (Fsp3) is 0.524. The molecule has 2 N–H and O–H groups in total. The van der Waals surface area contributed by atoms with Crippen LogP contribution in [0.2, 0.25) is 5.02 Å². The number of carboxylic acid groups (broad SMARTS) is 1. The Hall–Kier alpha value is -2.30. The standard InChI is InChI=1S/C21H20ClF3N6O4S3/c1-7(31-13(9-3-4-9)11(22)15(29-31)21(23,24)25)16(32)26-12-17(33)30-14(19(34)35)10(5-36-18(12)30)6-37-20-28-27-8(2)38-20/h7,9,12,18H,3-6H2,1-2H3,(H,26,32)(H,34,35)/t7-,12+,18-/m1/s1. The van der Waals surface area contributed by atoms with Crippen molar-refractivity contribution in [1.82, 2.24) is 30.2 Å². The van der Waals surface area contributed by atoms with Gasteiger partial charge >= 0.3 is 12.1 Å². The Morgan fingerprint density at radius 1 is 1.32 bits per heavy atom. The number of hydrogen-bond donors (Lipinski definition) is 2. The van der Waals surface area contributed by atoms with Crippen molar-refractivity contribution in [3.8, 4) is 0 Å². The number of thioether (sulfide) groups is 2. The van der Waals surface area contributed by atoms with Crippen LogP contribution in [-0.2, 0) is 20.6 Å². The van der Waals surface area contributed by atoms with Crippen LogP contribution in [-0.4, -0.2) is 70.7 Å². The SMILES string of the molecule is Cc1nnc(SCC2=C(C(=O)O)N3C(=O)[C@H](NC(=O)[C@@H](C)n4nc(C(F)(F)F)c(Cl)c4C4CC4)[C@H]3SC2)s1. The molecule has 0 bridgehead atoms. The van der Waals surface area contributed by atoms with E-state index >= 15 is 0 Å². The molecule has 2 amide bonds. The van der Waals surface area contributed by atoms with Gasteiger partial charge in [-0.1, -0.05) is 34.7 Å². The normalized spacial score (nSPS) is 22.3. The Labute approximate surface area is 231 Å². The van der Waals surface area contributed by atoms with Gasteiger partial charge in [0, 0.05) is 17.4 Å². The van der Waals surface area contributed by atoms with Crippen molar-refractivity contribution in [2.24, 2.45) is 0 Å². The molecular formula is C21H20ClF3N6O4S3. The van der Waals surface area contributed by atoms with Crippen molar-refractivity contribution in [2.75, 3.05) is 11.5 Å². The number of aliphatic carboxylic acids is 1. The fourth-order valence-electron chi connectivity index (χ4n) is 4.29. The number of alkyl halides is 3. The number of carboxylic acids is 1. The molecule has 38 heavy (non-hydrogen) atoms. The summed E-state index contributed by atoms with van der Waals surface area (Å²) in [7, 11) is 0. The lowest BCUT2D eigenvalue weighted by Gasteiger charge is -2.49. The summed E-state index contributed by atoms with van der Waals surface area (Å²) < 4.78 is 41.9. The van der Waals surface area contributed by atoms with E-state index in [1.165, 1.54) is 41.8 Å². The van der Waals surface area contributed by atoms with E-state index in [0.717, 1.165) is 14.6 Å². The Balaban J connectivity index is 1.31. The largest absolute Gasteiger partial charge is 0.477 e. The highest BCUT2D eigenvalue weighted by atomic mass is 35.5. The molecule has 0 unspecified atom stereocenters. The van der Waals surface area contributed by atoms with Gasteiger partial charge in [0.2, 0.25) is 5.91 Å². The summed E-state index contributed by atoms with van der Waals surface area (Å²) in [5.41, 5.74) is -0.683. The molecule has 2 fully saturated rings. The van der Waals surface area contributed by atoms with E-state index in [0.29, 0.717) is 34.3 Å². The predicted molar refractivity (Wildman–Crippen MR) is 134 cm³/mol. The number of carbonyl (C=O) groups excluding carboxylic acids is 2. The maximum Gasteiger partial charge on any atom is 0.436 e. The molecular weight excluding hydrogens is 589 g/mol. The van der Waals surface area contributed by atoms with Crippen molar-refractivity contribution in [3.05, 3.63) is 32.7 Å². The second-order valence-corrected chi connectivity index (χ2v) is 12.9. The molecule has 3 aliphatic rings. The first-order valence-electron chi connectivity index (χ1n) is 11.4. The van der Waals surface area contributed by atoms with Crippen LogP contribution < -0.4 is 5.32 Å². The van der Waals surface area contributed by atoms with Crippen LogP contribution >= 0.6 is 46.5 Å².